The minimum atomic E-state index is -0.707. The van der Waals surface area contributed by atoms with Gasteiger partial charge >= 0.3 is 0 Å². The van der Waals surface area contributed by atoms with Crippen molar-refractivity contribution in [3.63, 3.8) is 0 Å². The van der Waals surface area contributed by atoms with E-state index in [4.69, 9.17) is 0 Å². The van der Waals surface area contributed by atoms with Gasteiger partial charge in [-0.15, -0.1) is 0 Å². The molecule has 1 fully saturated rings. The summed E-state index contributed by atoms with van der Waals surface area (Å²) in [6, 6.07) is 7.15. The number of nitrogens with one attached hydrogen (secondary N) is 1. The second-order valence-corrected chi connectivity index (χ2v) is 5.25. The summed E-state index contributed by atoms with van der Waals surface area (Å²) in [7, 11) is 0. The van der Waals surface area contributed by atoms with Crippen molar-refractivity contribution in [3.8, 4) is 5.75 Å². The number of hydrogen-bond acceptors (Lipinski definition) is 3. The molecular formula is C14H21NO2. The molecule has 94 valence electrons. The maximum atomic E-state index is 10.6. The number of aromatic hydroxyl groups is 1. The maximum absolute atomic E-state index is 10.6. The highest BCUT2D eigenvalue weighted by Gasteiger charge is 2.32. The van der Waals surface area contributed by atoms with Crippen molar-refractivity contribution in [1.29, 1.82) is 0 Å². The summed E-state index contributed by atoms with van der Waals surface area (Å²) in [5, 5.41) is 23.3. The SMILES string of the molecule is CC(O)(Cc1cccc(O)c1)C1CCCNC1. The molecule has 0 spiro atoms. The van der Waals surface area contributed by atoms with E-state index in [1.165, 1.54) is 0 Å². The van der Waals surface area contributed by atoms with Gasteiger partial charge in [-0.1, -0.05) is 12.1 Å². The number of benzene rings is 1. The van der Waals surface area contributed by atoms with Crippen LogP contribution in [0.5, 0.6) is 5.75 Å². The molecule has 3 heteroatoms. The molecular weight excluding hydrogens is 214 g/mol. The monoisotopic (exact) mass is 235 g/mol. The van der Waals surface area contributed by atoms with Gasteiger partial charge in [0.15, 0.2) is 0 Å². The number of rotatable bonds is 3. The number of hydrogen-bond donors (Lipinski definition) is 3. The van der Waals surface area contributed by atoms with Crippen LogP contribution in [0.3, 0.4) is 0 Å². The van der Waals surface area contributed by atoms with E-state index in [0.29, 0.717) is 12.3 Å². The highest BCUT2D eigenvalue weighted by molar-refractivity contribution is 5.28. The number of phenols is 1. The molecule has 2 rings (SSSR count). The van der Waals surface area contributed by atoms with Crippen LogP contribution in [0, 0.1) is 5.92 Å². The van der Waals surface area contributed by atoms with Gasteiger partial charge in [-0.2, -0.15) is 0 Å². The Labute approximate surface area is 102 Å². The Morgan fingerprint density at radius 1 is 1.47 bits per heavy atom. The van der Waals surface area contributed by atoms with Crippen LogP contribution in [0.4, 0.5) is 0 Å². The van der Waals surface area contributed by atoms with Gasteiger partial charge in [-0.3, -0.25) is 0 Å². The van der Waals surface area contributed by atoms with Crippen LogP contribution in [0.1, 0.15) is 25.3 Å². The average molecular weight is 235 g/mol. The van der Waals surface area contributed by atoms with Gasteiger partial charge in [0.05, 0.1) is 5.60 Å². The van der Waals surface area contributed by atoms with Gasteiger partial charge in [0.1, 0.15) is 5.75 Å². The molecule has 2 unspecified atom stereocenters. The van der Waals surface area contributed by atoms with Gasteiger partial charge < -0.3 is 15.5 Å². The van der Waals surface area contributed by atoms with Crippen molar-refractivity contribution in [2.45, 2.75) is 31.8 Å². The van der Waals surface area contributed by atoms with Gasteiger partial charge in [0.2, 0.25) is 0 Å². The molecule has 2 atom stereocenters. The quantitative estimate of drug-likeness (QED) is 0.747. The second-order valence-electron chi connectivity index (χ2n) is 5.25. The van der Waals surface area contributed by atoms with Crippen molar-refractivity contribution in [1.82, 2.24) is 5.32 Å². The van der Waals surface area contributed by atoms with E-state index in [1.807, 2.05) is 19.1 Å². The lowest BCUT2D eigenvalue weighted by Gasteiger charge is -2.36. The van der Waals surface area contributed by atoms with E-state index in [-0.39, 0.29) is 5.75 Å². The summed E-state index contributed by atoms with van der Waals surface area (Å²) in [6.07, 6.45) is 2.79. The van der Waals surface area contributed by atoms with Crippen LogP contribution in [-0.2, 0) is 6.42 Å². The molecule has 1 aromatic rings. The van der Waals surface area contributed by atoms with Crippen molar-refractivity contribution in [2.24, 2.45) is 5.92 Å². The predicted molar refractivity (Wildman–Crippen MR) is 68.0 cm³/mol. The number of piperidine rings is 1. The summed E-state index contributed by atoms with van der Waals surface area (Å²) in [5.74, 6) is 0.554. The third-order valence-corrected chi connectivity index (χ3v) is 3.65. The van der Waals surface area contributed by atoms with Crippen LogP contribution >= 0.6 is 0 Å². The molecule has 0 bridgehead atoms. The van der Waals surface area contributed by atoms with Crippen molar-refractivity contribution in [3.05, 3.63) is 29.8 Å². The van der Waals surface area contributed by atoms with Crippen LogP contribution in [0.2, 0.25) is 0 Å². The molecule has 1 saturated heterocycles. The van der Waals surface area contributed by atoms with E-state index in [0.717, 1.165) is 31.5 Å². The van der Waals surface area contributed by atoms with Crippen LogP contribution in [0.15, 0.2) is 24.3 Å². The summed E-state index contributed by atoms with van der Waals surface area (Å²) < 4.78 is 0. The smallest absolute Gasteiger partial charge is 0.115 e. The first-order valence-electron chi connectivity index (χ1n) is 6.29. The molecule has 0 amide bonds. The summed E-state index contributed by atoms with van der Waals surface area (Å²) >= 11 is 0. The maximum Gasteiger partial charge on any atom is 0.115 e. The standard InChI is InChI=1S/C14H21NO2/c1-14(17,12-5-3-7-15-10-12)9-11-4-2-6-13(16)8-11/h2,4,6,8,12,15-17H,3,5,7,9-10H2,1H3. The lowest BCUT2D eigenvalue weighted by Crippen LogP contribution is -2.45. The topological polar surface area (TPSA) is 52.5 Å². The fourth-order valence-electron chi connectivity index (χ4n) is 2.61. The first kappa shape index (κ1) is 12.4. The molecule has 0 aliphatic carbocycles. The minimum absolute atomic E-state index is 0.264. The Balaban J connectivity index is 2.05. The van der Waals surface area contributed by atoms with Gasteiger partial charge in [0.25, 0.3) is 0 Å². The Hall–Kier alpha value is -1.06. The molecule has 17 heavy (non-hydrogen) atoms. The Bertz CT molecular complexity index is 370. The molecule has 1 heterocycles. The average Bonchev–Trinajstić information content (AvgIpc) is 2.29. The van der Waals surface area contributed by atoms with Crippen LogP contribution in [0.25, 0.3) is 0 Å². The van der Waals surface area contributed by atoms with Gasteiger partial charge in [-0.05, 0) is 44.0 Å². The van der Waals surface area contributed by atoms with E-state index in [9.17, 15) is 10.2 Å². The molecule has 3 nitrogen and oxygen atoms in total. The molecule has 1 aliphatic heterocycles. The molecule has 0 aromatic heterocycles. The Morgan fingerprint density at radius 2 is 2.29 bits per heavy atom. The van der Waals surface area contributed by atoms with Crippen molar-refractivity contribution in [2.75, 3.05) is 13.1 Å². The normalized spacial score (nSPS) is 24.2. The molecule has 1 aliphatic rings. The first-order valence-corrected chi connectivity index (χ1v) is 6.29. The van der Waals surface area contributed by atoms with E-state index >= 15 is 0 Å². The lowest BCUT2D eigenvalue weighted by molar-refractivity contribution is -0.0102. The van der Waals surface area contributed by atoms with Crippen LogP contribution < -0.4 is 5.32 Å². The Morgan fingerprint density at radius 3 is 2.94 bits per heavy atom. The molecule has 0 saturated carbocycles. The van der Waals surface area contributed by atoms with E-state index in [1.54, 1.807) is 12.1 Å². The van der Waals surface area contributed by atoms with Gasteiger partial charge in [-0.25, -0.2) is 0 Å². The third kappa shape index (κ3) is 3.20. The van der Waals surface area contributed by atoms with Gasteiger partial charge in [0, 0.05) is 18.9 Å². The Kier molecular flexibility index (Phi) is 3.69. The fraction of sp³-hybridized carbons (Fsp3) is 0.571. The molecule has 1 aromatic carbocycles. The van der Waals surface area contributed by atoms with Crippen molar-refractivity contribution >= 4 is 0 Å². The van der Waals surface area contributed by atoms with E-state index in [2.05, 4.69) is 5.32 Å². The largest absolute Gasteiger partial charge is 0.508 e. The molecule has 0 radical (unpaired) electrons. The number of phenolic OH excluding ortho intramolecular Hbond substituents is 1. The first-order chi connectivity index (χ1) is 8.08. The summed E-state index contributed by atoms with van der Waals surface area (Å²) in [4.78, 5) is 0. The summed E-state index contributed by atoms with van der Waals surface area (Å²) in [6.45, 7) is 3.83. The number of aliphatic hydroxyl groups is 1. The highest BCUT2D eigenvalue weighted by atomic mass is 16.3. The van der Waals surface area contributed by atoms with Crippen LogP contribution in [-0.4, -0.2) is 28.9 Å². The second kappa shape index (κ2) is 5.07. The highest BCUT2D eigenvalue weighted by Crippen LogP contribution is 2.28. The zero-order chi connectivity index (χ0) is 12.3. The zero-order valence-corrected chi connectivity index (χ0v) is 10.3. The summed E-state index contributed by atoms with van der Waals surface area (Å²) in [5.41, 5.74) is 0.280. The van der Waals surface area contributed by atoms with E-state index < -0.39 is 5.60 Å². The van der Waals surface area contributed by atoms with Crippen molar-refractivity contribution < 1.29 is 10.2 Å². The minimum Gasteiger partial charge on any atom is -0.508 e. The molecule has 3 N–H and O–H groups in total. The third-order valence-electron chi connectivity index (χ3n) is 3.65. The zero-order valence-electron chi connectivity index (χ0n) is 10.3. The fourth-order valence-corrected chi connectivity index (χ4v) is 2.61. The predicted octanol–water partition coefficient (Wildman–Crippen LogP) is 1.69. The lowest BCUT2D eigenvalue weighted by atomic mass is 9.79.